The van der Waals surface area contributed by atoms with Crippen molar-refractivity contribution in [3.63, 3.8) is 0 Å². The van der Waals surface area contributed by atoms with Gasteiger partial charge in [-0.3, -0.25) is 9.48 Å². The number of aromatic nitrogens is 2. The van der Waals surface area contributed by atoms with E-state index < -0.39 is 5.54 Å². The van der Waals surface area contributed by atoms with Crippen LogP contribution in [-0.2, 0) is 18.3 Å². The van der Waals surface area contributed by atoms with E-state index in [1.807, 2.05) is 33.9 Å². The first-order valence-corrected chi connectivity index (χ1v) is 5.68. The van der Waals surface area contributed by atoms with Gasteiger partial charge in [-0.2, -0.15) is 5.10 Å². The monoisotopic (exact) mass is 223 g/mol. The van der Waals surface area contributed by atoms with Crippen molar-refractivity contribution >= 4 is 5.78 Å². The van der Waals surface area contributed by atoms with Gasteiger partial charge in [0.15, 0.2) is 5.78 Å². The van der Waals surface area contributed by atoms with E-state index in [1.165, 1.54) is 0 Å². The van der Waals surface area contributed by atoms with Gasteiger partial charge in [-0.15, -0.1) is 0 Å². The summed E-state index contributed by atoms with van der Waals surface area (Å²) in [5, 5.41) is 4.22. The molecule has 0 aliphatic carbocycles. The molecule has 1 atom stereocenters. The molecule has 0 bridgehead atoms. The minimum atomic E-state index is -0.715. The van der Waals surface area contributed by atoms with Crippen LogP contribution in [0.4, 0.5) is 0 Å². The van der Waals surface area contributed by atoms with Gasteiger partial charge in [0.05, 0.1) is 17.7 Å². The van der Waals surface area contributed by atoms with Crippen molar-refractivity contribution in [1.82, 2.24) is 9.78 Å². The molecule has 1 unspecified atom stereocenters. The Labute approximate surface area is 96.8 Å². The number of Topliss-reactive ketones (excluding diaryl/α,β-unsaturated/α-hetero) is 1. The molecule has 0 spiro atoms. The summed E-state index contributed by atoms with van der Waals surface area (Å²) in [5.74, 6) is 0.0809. The Bertz CT molecular complexity index is 380. The second-order valence-corrected chi connectivity index (χ2v) is 4.67. The second kappa shape index (κ2) is 4.78. The normalized spacial score (nSPS) is 14.8. The fourth-order valence-electron chi connectivity index (χ4n) is 1.85. The molecule has 0 aliphatic rings. The quantitative estimate of drug-likeness (QED) is 0.819. The summed E-state index contributed by atoms with van der Waals surface area (Å²) in [7, 11) is 1.85. The molecule has 0 amide bonds. The number of rotatable bonds is 5. The third-order valence-electron chi connectivity index (χ3n) is 2.85. The second-order valence-electron chi connectivity index (χ2n) is 4.67. The van der Waals surface area contributed by atoms with Crippen molar-refractivity contribution in [3.05, 3.63) is 17.5 Å². The van der Waals surface area contributed by atoms with Crippen LogP contribution in [-0.4, -0.2) is 21.1 Å². The maximum Gasteiger partial charge on any atom is 0.158 e. The van der Waals surface area contributed by atoms with E-state index in [-0.39, 0.29) is 5.78 Å². The van der Waals surface area contributed by atoms with Crippen LogP contribution in [0, 0.1) is 6.92 Å². The summed E-state index contributed by atoms with van der Waals surface area (Å²) in [5.41, 5.74) is 7.14. The van der Waals surface area contributed by atoms with Crippen molar-refractivity contribution < 1.29 is 4.79 Å². The molecule has 0 fully saturated rings. The van der Waals surface area contributed by atoms with Crippen molar-refractivity contribution in [2.24, 2.45) is 12.8 Å². The van der Waals surface area contributed by atoms with E-state index in [0.29, 0.717) is 6.42 Å². The van der Waals surface area contributed by atoms with Crippen molar-refractivity contribution in [2.45, 2.75) is 45.6 Å². The lowest BCUT2D eigenvalue weighted by molar-refractivity contribution is -0.123. The lowest BCUT2D eigenvalue weighted by atomic mass is 9.90. The summed E-state index contributed by atoms with van der Waals surface area (Å²) in [6.45, 7) is 5.76. The van der Waals surface area contributed by atoms with Crippen molar-refractivity contribution in [1.29, 1.82) is 0 Å². The first kappa shape index (κ1) is 12.9. The average molecular weight is 223 g/mol. The molecule has 90 valence electrons. The highest BCUT2D eigenvalue weighted by molar-refractivity contribution is 5.89. The van der Waals surface area contributed by atoms with Crippen LogP contribution in [0.2, 0.25) is 0 Å². The highest BCUT2D eigenvalue weighted by Gasteiger charge is 2.27. The van der Waals surface area contributed by atoms with Gasteiger partial charge in [0, 0.05) is 12.7 Å². The van der Waals surface area contributed by atoms with Crippen LogP contribution < -0.4 is 5.73 Å². The van der Waals surface area contributed by atoms with Gasteiger partial charge < -0.3 is 5.73 Å². The molecule has 16 heavy (non-hydrogen) atoms. The number of carbonyl (C=O) groups excluding carboxylic acids is 1. The predicted octanol–water partition coefficient (Wildman–Crippen LogP) is 1.36. The van der Waals surface area contributed by atoms with Crippen LogP contribution in [0.5, 0.6) is 0 Å². The van der Waals surface area contributed by atoms with Gasteiger partial charge in [0.1, 0.15) is 0 Å². The van der Waals surface area contributed by atoms with E-state index in [9.17, 15) is 4.79 Å². The van der Waals surface area contributed by atoms with E-state index in [4.69, 9.17) is 5.73 Å². The van der Waals surface area contributed by atoms with Crippen LogP contribution in [0.1, 0.15) is 38.1 Å². The van der Waals surface area contributed by atoms with Crippen molar-refractivity contribution in [2.75, 3.05) is 0 Å². The van der Waals surface area contributed by atoms with Gasteiger partial charge in [-0.05, 0) is 26.3 Å². The highest BCUT2D eigenvalue weighted by Crippen LogP contribution is 2.14. The zero-order chi connectivity index (χ0) is 12.3. The summed E-state index contributed by atoms with van der Waals surface area (Å²) < 4.78 is 1.75. The molecule has 2 N–H and O–H groups in total. The van der Waals surface area contributed by atoms with Gasteiger partial charge in [-0.25, -0.2) is 0 Å². The van der Waals surface area contributed by atoms with Crippen molar-refractivity contribution in [3.8, 4) is 0 Å². The molecule has 0 saturated heterocycles. The first-order chi connectivity index (χ1) is 7.36. The van der Waals surface area contributed by atoms with Gasteiger partial charge in [-0.1, -0.05) is 13.3 Å². The summed E-state index contributed by atoms with van der Waals surface area (Å²) in [6, 6.07) is 1.93. The predicted molar refractivity (Wildman–Crippen MR) is 64.2 cm³/mol. The largest absolute Gasteiger partial charge is 0.319 e. The molecule has 0 radical (unpaired) electrons. The maximum atomic E-state index is 12.0. The van der Waals surface area contributed by atoms with E-state index in [0.717, 1.165) is 24.2 Å². The number of hydrogen-bond acceptors (Lipinski definition) is 3. The maximum absolute atomic E-state index is 12.0. The lowest BCUT2D eigenvalue weighted by Gasteiger charge is -2.22. The third-order valence-corrected chi connectivity index (χ3v) is 2.85. The summed E-state index contributed by atoms with van der Waals surface area (Å²) in [6.07, 6.45) is 2.01. The Balaban J connectivity index is 2.75. The molecule has 4 heteroatoms. The molecule has 4 nitrogen and oxygen atoms in total. The Morgan fingerprint density at radius 1 is 1.62 bits per heavy atom. The van der Waals surface area contributed by atoms with Crippen LogP contribution in [0.15, 0.2) is 6.07 Å². The topological polar surface area (TPSA) is 60.9 Å². The number of ketones is 1. The minimum Gasteiger partial charge on any atom is -0.319 e. The number of carbonyl (C=O) groups is 1. The van der Waals surface area contributed by atoms with Crippen LogP contribution >= 0.6 is 0 Å². The fourth-order valence-corrected chi connectivity index (χ4v) is 1.85. The highest BCUT2D eigenvalue weighted by atomic mass is 16.1. The number of aryl methyl sites for hydroxylation is 2. The molecule has 1 heterocycles. The standard InChI is InChI=1S/C12H21N3O/c1-5-6-12(3,13)11(16)8-10-7-9(2)14-15(10)4/h7H,5-6,8,13H2,1-4H3. The molecule has 0 aliphatic heterocycles. The Morgan fingerprint density at radius 3 is 2.69 bits per heavy atom. The van der Waals surface area contributed by atoms with E-state index >= 15 is 0 Å². The van der Waals surface area contributed by atoms with Gasteiger partial charge in [0.2, 0.25) is 0 Å². The Morgan fingerprint density at radius 2 is 2.25 bits per heavy atom. The summed E-state index contributed by atoms with van der Waals surface area (Å²) in [4.78, 5) is 12.0. The van der Waals surface area contributed by atoms with Crippen LogP contribution in [0.25, 0.3) is 0 Å². The summed E-state index contributed by atoms with van der Waals surface area (Å²) >= 11 is 0. The van der Waals surface area contributed by atoms with Crippen LogP contribution in [0.3, 0.4) is 0 Å². The zero-order valence-corrected chi connectivity index (χ0v) is 10.6. The molecular weight excluding hydrogens is 202 g/mol. The first-order valence-electron chi connectivity index (χ1n) is 5.68. The average Bonchev–Trinajstić information content (AvgIpc) is 2.45. The van der Waals surface area contributed by atoms with E-state index in [2.05, 4.69) is 5.10 Å². The molecule has 1 rings (SSSR count). The molecule has 0 saturated carbocycles. The Kier molecular flexibility index (Phi) is 3.86. The zero-order valence-electron chi connectivity index (χ0n) is 10.6. The third kappa shape index (κ3) is 2.92. The van der Waals surface area contributed by atoms with E-state index in [1.54, 1.807) is 4.68 Å². The number of nitrogens with two attached hydrogens (primary N) is 1. The van der Waals surface area contributed by atoms with Gasteiger partial charge in [0.25, 0.3) is 0 Å². The number of nitrogens with zero attached hydrogens (tertiary/aromatic N) is 2. The molecule has 1 aromatic rings. The number of hydrogen-bond donors (Lipinski definition) is 1. The minimum absolute atomic E-state index is 0.0809. The Hall–Kier alpha value is -1.16. The lowest BCUT2D eigenvalue weighted by Crippen LogP contribution is -2.45. The molecule has 1 aromatic heterocycles. The molecular formula is C12H21N3O. The SMILES string of the molecule is CCCC(C)(N)C(=O)Cc1cc(C)nn1C. The smallest absolute Gasteiger partial charge is 0.158 e. The van der Waals surface area contributed by atoms with Gasteiger partial charge >= 0.3 is 0 Å². The fraction of sp³-hybridized carbons (Fsp3) is 0.667. The molecule has 0 aromatic carbocycles.